The van der Waals surface area contributed by atoms with E-state index in [0.717, 1.165) is 29.5 Å². The van der Waals surface area contributed by atoms with Crippen molar-refractivity contribution >= 4 is 23.0 Å². The second kappa shape index (κ2) is 4.83. The van der Waals surface area contributed by atoms with Crippen molar-refractivity contribution in [3.63, 3.8) is 0 Å². The van der Waals surface area contributed by atoms with E-state index in [9.17, 15) is 0 Å². The Morgan fingerprint density at radius 3 is 2.59 bits per heavy atom. The van der Waals surface area contributed by atoms with E-state index in [1.165, 1.54) is 11.1 Å². The monoisotopic (exact) mass is 311 g/mol. The van der Waals surface area contributed by atoms with E-state index in [4.69, 9.17) is 16.7 Å². The number of nitrogens with zero attached hydrogens (tertiary/aromatic N) is 3. The minimum Gasteiger partial charge on any atom is -0.290 e. The van der Waals surface area contributed by atoms with Crippen molar-refractivity contribution in [3.05, 3.63) is 64.7 Å². The van der Waals surface area contributed by atoms with E-state index in [0.29, 0.717) is 0 Å². The van der Waals surface area contributed by atoms with Gasteiger partial charge < -0.3 is 0 Å². The Hall–Kier alpha value is -1.84. The van der Waals surface area contributed by atoms with Crippen LogP contribution in [0, 0.1) is 0 Å². The van der Waals surface area contributed by atoms with Crippen LogP contribution in [-0.4, -0.2) is 29.7 Å². The molecule has 22 heavy (non-hydrogen) atoms. The topological polar surface area (TPSA) is 18.8 Å². The van der Waals surface area contributed by atoms with Crippen molar-refractivity contribution in [2.45, 2.75) is 19.0 Å². The molecule has 3 nitrogen and oxygen atoms in total. The van der Waals surface area contributed by atoms with Crippen LogP contribution in [0.3, 0.4) is 0 Å². The molecule has 2 aliphatic rings. The number of anilines is 1. The number of hydrogen-bond acceptors (Lipinski definition) is 3. The van der Waals surface area contributed by atoms with Crippen LogP contribution in [-0.2, 0) is 6.54 Å². The third-order valence-electron chi connectivity index (χ3n) is 4.84. The first-order valence-corrected chi connectivity index (χ1v) is 7.87. The lowest BCUT2D eigenvalue weighted by Gasteiger charge is -2.40. The van der Waals surface area contributed by atoms with Crippen LogP contribution in [0.5, 0.6) is 0 Å². The fourth-order valence-electron chi connectivity index (χ4n) is 3.36. The summed E-state index contributed by atoms with van der Waals surface area (Å²) in [5.74, 6) is 0. The van der Waals surface area contributed by atoms with Gasteiger partial charge >= 0.3 is 0 Å². The van der Waals surface area contributed by atoms with Gasteiger partial charge in [-0.05, 0) is 43.8 Å². The summed E-state index contributed by atoms with van der Waals surface area (Å²) in [6.07, 6.45) is 0. The second-order valence-corrected chi connectivity index (χ2v) is 6.71. The Labute approximate surface area is 135 Å². The zero-order chi connectivity index (χ0) is 15.3. The maximum atomic E-state index is 6.00. The number of rotatable bonds is 1. The van der Waals surface area contributed by atoms with Crippen LogP contribution in [0.4, 0.5) is 5.69 Å². The Kier molecular flexibility index (Phi) is 3.03. The smallest absolute Gasteiger partial charge is 0.0904 e. The third kappa shape index (κ3) is 1.97. The molecule has 0 amide bonds. The average molecular weight is 312 g/mol. The summed E-state index contributed by atoms with van der Waals surface area (Å²) >= 11 is 6.00. The number of halogens is 1. The van der Waals surface area contributed by atoms with Crippen LogP contribution in [0.2, 0.25) is 5.02 Å². The van der Waals surface area contributed by atoms with Crippen molar-refractivity contribution in [2.75, 3.05) is 18.6 Å². The average Bonchev–Trinajstić information content (AvgIpc) is 2.88. The molecule has 0 aromatic heterocycles. The van der Waals surface area contributed by atoms with Crippen molar-refractivity contribution in [1.29, 1.82) is 0 Å². The minimum atomic E-state index is -0.0615. The van der Waals surface area contributed by atoms with Gasteiger partial charge in [-0.1, -0.05) is 35.9 Å². The van der Waals surface area contributed by atoms with Crippen molar-refractivity contribution in [3.8, 4) is 0 Å². The largest absolute Gasteiger partial charge is 0.290 e. The SMILES string of the molecule is CN1Cc2ccccc2C2=NN(c3ccc(Cl)cc3)CC21C. The van der Waals surface area contributed by atoms with Gasteiger partial charge in [0.2, 0.25) is 0 Å². The number of hydrazone groups is 1. The number of benzene rings is 2. The summed E-state index contributed by atoms with van der Waals surface area (Å²) in [5, 5.41) is 7.78. The van der Waals surface area contributed by atoms with Gasteiger partial charge in [-0.25, -0.2) is 0 Å². The van der Waals surface area contributed by atoms with Gasteiger partial charge in [0, 0.05) is 17.1 Å². The van der Waals surface area contributed by atoms with Gasteiger partial charge in [-0.15, -0.1) is 0 Å². The highest BCUT2D eigenvalue weighted by Crippen LogP contribution is 2.37. The molecule has 0 saturated heterocycles. The molecule has 2 aromatic carbocycles. The van der Waals surface area contributed by atoms with E-state index < -0.39 is 0 Å². The lowest BCUT2D eigenvalue weighted by Crippen LogP contribution is -2.55. The minimum absolute atomic E-state index is 0.0615. The molecule has 2 heterocycles. The summed E-state index contributed by atoms with van der Waals surface area (Å²) in [7, 11) is 2.18. The molecule has 4 rings (SSSR count). The summed E-state index contributed by atoms with van der Waals surface area (Å²) in [4.78, 5) is 2.39. The molecule has 1 atom stereocenters. The lowest BCUT2D eigenvalue weighted by atomic mass is 9.83. The predicted molar refractivity (Wildman–Crippen MR) is 91.6 cm³/mol. The van der Waals surface area contributed by atoms with E-state index in [2.05, 4.69) is 48.1 Å². The van der Waals surface area contributed by atoms with Gasteiger partial charge in [-0.2, -0.15) is 5.10 Å². The molecule has 2 aliphatic heterocycles. The molecule has 0 saturated carbocycles. The highest BCUT2D eigenvalue weighted by molar-refractivity contribution is 6.30. The first-order valence-electron chi connectivity index (χ1n) is 7.50. The molecule has 112 valence electrons. The molecular weight excluding hydrogens is 294 g/mol. The Bertz CT molecular complexity index is 753. The highest BCUT2D eigenvalue weighted by Gasteiger charge is 2.46. The third-order valence-corrected chi connectivity index (χ3v) is 5.09. The number of hydrogen-bond donors (Lipinski definition) is 0. The molecule has 0 N–H and O–H groups in total. The fourth-order valence-corrected chi connectivity index (χ4v) is 3.48. The molecule has 1 unspecified atom stereocenters. The molecule has 0 aliphatic carbocycles. The van der Waals surface area contributed by atoms with Gasteiger partial charge in [0.05, 0.1) is 23.5 Å². The van der Waals surface area contributed by atoms with Crippen molar-refractivity contribution in [2.24, 2.45) is 5.10 Å². The normalized spacial score (nSPS) is 24.0. The van der Waals surface area contributed by atoms with E-state index in [1.807, 2.05) is 24.3 Å². The zero-order valence-electron chi connectivity index (χ0n) is 12.8. The Balaban J connectivity index is 1.80. The molecule has 0 fully saturated rings. The van der Waals surface area contributed by atoms with Crippen LogP contribution in [0.1, 0.15) is 18.1 Å². The van der Waals surface area contributed by atoms with Crippen LogP contribution in [0.25, 0.3) is 0 Å². The summed E-state index contributed by atoms with van der Waals surface area (Å²) in [6.45, 7) is 4.09. The summed E-state index contributed by atoms with van der Waals surface area (Å²) < 4.78 is 0. The lowest BCUT2D eigenvalue weighted by molar-refractivity contribution is 0.202. The molecule has 0 radical (unpaired) electrons. The molecule has 4 heteroatoms. The van der Waals surface area contributed by atoms with Crippen LogP contribution >= 0.6 is 11.6 Å². The van der Waals surface area contributed by atoms with E-state index in [1.54, 1.807) is 0 Å². The van der Waals surface area contributed by atoms with Gasteiger partial charge in [-0.3, -0.25) is 9.91 Å². The molecule has 0 spiro atoms. The molecule has 2 aromatic rings. The summed E-state index contributed by atoms with van der Waals surface area (Å²) in [5.41, 5.74) is 4.80. The first-order chi connectivity index (χ1) is 10.6. The summed E-state index contributed by atoms with van der Waals surface area (Å²) in [6, 6.07) is 16.5. The predicted octanol–water partition coefficient (Wildman–Crippen LogP) is 3.77. The van der Waals surface area contributed by atoms with Crippen LogP contribution < -0.4 is 5.01 Å². The van der Waals surface area contributed by atoms with Crippen molar-refractivity contribution < 1.29 is 0 Å². The van der Waals surface area contributed by atoms with E-state index in [-0.39, 0.29) is 5.54 Å². The van der Waals surface area contributed by atoms with E-state index >= 15 is 0 Å². The number of fused-ring (bicyclic) bond motifs is 3. The Morgan fingerprint density at radius 1 is 1.09 bits per heavy atom. The van der Waals surface area contributed by atoms with Crippen molar-refractivity contribution in [1.82, 2.24) is 4.90 Å². The zero-order valence-corrected chi connectivity index (χ0v) is 13.5. The molecule has 0 bridgehead atoms. The quantitative estimate of drug-likeness (QED) is 0.798. The standard InChI is InChI=1S/C18H18ClN3/c1-18-12-22(15-9-7-14(19)8-10-15)20-17(18)16-6-4-3-5-13(16)11-21(18)2/h3-10H,11-12H2,1-2H3. The number of likely N-dealkylation sites (N-methyl/N-ethyl adjacent to an activating group) is 1. The van der Waals surface area contributed by atoms with Crippen LogP contribution in [0.15, 0.2) is 53.6 Å². The maximum Gasteiger partial charge on any atom is 0.0904 e. The van der Waals surface area contributed by atoms with Gasteiger partial charge in [0.1, 0.15) is 0 Å². The first kappa shape index (κ1) is 13.8. The highest BCUT2D eigenvalue weighted by atomic mass is 35.5. The maximum absolute atomic E-state index is 6.00. The fraction of sp³-hybridized carbons (Fsp3) is 0.278. The van der Waals surface area contributed by atoms with Gasteiger partial charge in [0.15, 0.2) is 0 Å². The van der Waals surface area contributed by atoms with Gasteiger partial charge in [0.25, 0.3) is 0 Å². The molecular formula is C18H18ClN3. The Morgan fingerprint density at radius 2 is 1.82 bits per heavy atom. The second-order valence-electron chi connectivity index (χ2n) is 6.27.